The number of hydrogen-bond acceptors (Lipinski definition) is 3. The van der Waals surface area contributed by atoms with Gasteiger partial charge in [0.2, 0.25) is 0 Å². The molecule has 0 radical (unpaired) electrons. The van der Waals surface area contributed by atoms with E-state index in [2.05, 4.69) is 29.1 Å². The standard InChI is InChI=1S/C10H20N2O2/c1-8(2)12-7-5-4-6-9(12)10(13)11-14-3/h8-9H,4-7H2,1-3H3,(H,11,13). The zero-order valence-corrected chi connectivity index (χ0v) is 9.25. The van der Waals surface area contributed by atoms with Gasteiger partial charge < -0.3 is 0 Å². The summed E-state index contributed by atoms with van der Waals surface area (Å²) < 4.78 is 0. The largest absolute Gasteiger partial charge is 0.289 e. The van der Waals surface area contributed by atoms with Crippen LogP contribution in [0.5, 0.6) is 0 Å². The summed E-state index contributed by atoms with van der Waals surface area (Å²) in [6, 6.07) is 0.409. The maximum absolute atomic E-state index is 11.6. The third-order valence-corrected chi connectivity index (χ3v) is 2.71. The minimum atomic E-state index is -0.0131. The van der Waals surface area contributed by atoms with Gasteiger partial charge in [-0.25, -0.2) is 5.48 Å². The number of hydrogen-bond donors (Lipinski definition) is 1. The van der Waals surface area contributed by atoms with Gasteiger partial charge in [-0.15, -0.1) is 0 Å². The van der Waals surface area contributed by atoms with Crippen molar-refractivity contribution >= 4 is 5.91 Å². The van der Waals surface area contributed by atoms with Gasteiger partial charge in [0, 0.05) is 6.04 Å². The third-order valence-electron chi connectivity index (χ3n) is 2.71. The molecule has 1 aliphatic rings. The Hall–Kier alpha value is -0.610. The smallest absolute Gasteiger partial charge is 0.260 e. The molecule has 1 atom stereocenters. The van der Waals surface area contributed by atoms with Crippen LogP contribution in [0, 0.1) is 0 Å². The zero-order valence-electron chi connectivity index (χ0n) is 9.25. The van der Waals surface area contributed by atoms with Crippen molar-refractivity contribution in [3.8, 4) is 0 Å². The Bertz CT molecular complexity index is 195. The SMILES string of the molecule is CONC(=O)C1CCCCN1C(C)C. The molecule has 1 N–H and O–H groups in total. The highest BCUT2D eigenvalue weighted by atomic mass is 16.6. The lowest BCUT2D eigenvalue weighted by Crippen LogP contribution is -2.51. The molecule has 0 aromatic heterocycles. The van der Waals surface area contributed by atoms with Crippen molar-refractivity contribution in [3.05, 3.63) is 0 Å². The lowest BCUT2D eigenvalue weighted by Gasteiger charge is -2.37. The first kappa shape index (κ1) is 11.5. The summed E-state index contributed by atoms with van der Waals surface area (Å²) in [6.45, 7) is 5.26. The van der Waals surface area contributed by atoms with Crippen LogP contribution in [0.4, 0.5) is 0 Å². The van der Waals surface area contributed by atoms with E-state index in [4.69, 9.17) is 0 Å². The predicted molar refractivity (Wildman–Crippen MR) is 54.6 cm³/mol. The molecule has 1 amide bonds. The summed E-state index contributed by atoms with van der Waals surface area (Å²) in [5.74, 6) is -0.0131. The molecule has 0 aromatic rings. The van der Waals surface area contributed by atoms with E-state index in [0.29, 0.717) is 6.04 Å². The van der Waals surface area contributed by atoms with E-state index in [-0.39, 0.29) is 11.9 Å². The summed E-state index contributed by atoms with van der Waals surface area (Å²) >= 11 is 0. The Labute approximate surface area is 85.6 Å². The van der Waals surface area contributed by atoms with E-state index >= 15 is 0 Å². The van der Waals surface area contributed by atoms with Gasteiger partial charge in [0.25, 0.3) is 5.91 Å². The van der Waals surface area contributed by atoms with Gasteiger partial charge in [-0.1, -0.05) is 6.42 Å². The molecule has 1 fully saturated rings. The summed E-state index contributed by atoms with van der Waals surface area (Å²) in [6.07, 6.45) is 3.26. The fraction of sp³-hybridized carbons (Fsp3) is 0.900. The fourth-order valence-electron chi connectivity index (χ4n) is 2.02. The normalized spacial score (nSPS) is 23.9. The predicted octanol–water partition coefficient (Wildman–Crippen LogP) is 0.927. The molecule has 4 heteroatoms. The number of rotatable bonds is 3. The van der Waals surface area contributed by atoms with Crippen LogP contribution in [0.1, 0.15) is 33.1 Å². The zero-order chi connectivity index (χ0) is 10.6. The number of piperidine rings is 1. The average molecular weight is 200 g/mol. The third kappa shape index (κ3) is 2.69. The first-order valence-corrected chi connectivity index (χ1v) is 5.25. The van der Waals surface area contributed by atoms with Crippen LogP contribution in [-0.2, 0) is 9.63 Å². The number of carbonyl (C=O) groups is 1. The Morgan fingerprint density at radius 3 is 2.79 bits per heavy atom. The quantitative estimate of drug-likeness (QED) is 0.689. The van der Waals surface area contributed by atoms with E-state index < -0.39 is 0 Å². The molecule has 0 bridgehead atoms. The Balaban J connectivity index is 2.57. The molecule has 1 unspecified atom stereocenters. The molecule has 82 valence electrons. The number of amides is 1. The summed E-state index contributed by atoms with van der Waals surface area (Å²) in [5, 5.41) is 0. The lowest BCUT2D eigenvalue weighted by molar-refractivity contribution is -0.139. The molecule has 1 saturated heterocycles. The van der Waals surface area contributed by atoms with Gasteiger partial charge in [0.1, 0.15) is 0 Å². The number of likely N-dealkylation sites (tertiary alicyclic amines) is 1. The van der Waals surface area contributed by atoms with Gasteiger partial charge in [-0.2, -0.15) is 0 Å². The molecule has 1 aliphatic heterocycles. The number of nitrogens with zero attached hydrogens (tertiary/aromatic N) is 1. The van der Waals surface area contributed by atoms with Gasteiger partial charge in [-0.3, -0.25) is 14.5 Å². The van der Waals surface area contributed by atoms with Crippen molar-refractivity contribution in [3.63, 3.8) is 0 Å². The summed E-state index contributed by atoms with van der Waals surface area (Å²) in [4.78, 5) is 18.5. The maximum atomic E-state index is 11.6. The molecule has 0 aromatic carbocycles. The maximum Gasteiger partial charge on any atom is 0.260 e. The second kappa shape index (κ2) is 5.32. The van der Waals surface area contributed by atoms with Crippen LogP contribution < -0.4 is 5.48 Å². The fourth-order valence-corrected chi connectivity index (χ4v) is 2.02. The lowest BCUT2D eigenvalue weighted by atomic mass is 10.00. The second-order valence-corrected chi connectivity index (χ2v) is 4.01. The average Bonchev–Trinajstić information content (AvgIpc) is 2.18. The van der Waals surface area contributed by atoms with Gasteiger partial charge >= 0.3 is 0 Å². The highest BCUT2D eigenvalue weighted by Crippen LogP contribution is 2.19. The monoisotopic (exact) mass is 200 g/mol. The van der Waals surface area contributed by atoms with Crippen LogP contribution in [0.25, 0.3) is 0 Å². The Morgan fingerprint density at radius 2 is 2.21 bits per heavy atom. The van der Waals surface area contributed by atoms with Gasteiger partial charge in [0.05, 0.1) is 13.2 Å². The van der Waals surface area contributed by atoms with E-state index in [1.165, 1.54) is 13.5 Å². The van der Waals surface area contributed by atoms with Crippen LogP contribution in [-0.4, -0.2) is 36.5 Å². The van der Waals surface area contributed by atoms with Crippen molar-refractivity contribution in [1.82, 2.24) is 10.4 Å². The van der Waals surface area contributed by atoms with Crippen molar-refractivity contribution < 1.29 is 9.63 Å². The Kier molecular flexibility index (Phi) is 4.35. The minimum Gasteiger partial charge on any atom is -0.289 e. The van der Waals surface area contributed by atoms with E-state index in [1.54, 1.807) is 0 Å². The number of hydroxylamine groups is 1. The summed E-state index contributed by atoms with van der Waals surface area (Å²) in [5.41, 5.74) is 2.42. The number of carbonyl (C=O) groups excluding carboxylic acids is 1. The molecular formula is C10H20N2O2. The molecular weight excluding hydrogens is 180 g/mol. The molecule has 4 nitrogen and oxygen atoms in total. The molecule has 1 rings (SSSR count). The van der Waals surface area contributed by atoms with Crippen LogP contribution in [0.3, 0.4) is 0 Å². The first-order valence-electron chi connectivity index (χ1n) is 5.25. The minimum absolute atomic E-state index is 0.0105. The number of nitrogens with one attached hydrogen (secondary N) is 1. The van der Waals surface area contributed by atoms with E-state index in [9.17, 15) is 4.79 Å². The first-order chi connectivity index (χ1) is 6.66. The van der Waals surface area contributed by atoms with E-state index in [0.717, 1.165) is 19.4 Å². The van der Waals surface area contributed by atoms with Gasteiger partial charge in [0.15, 0.2) is 0 Å². The van der Waals surface area contributed by atoms with Crippen LogP contribution >= 0.6 is 0 Å². The highest BCUT2D eigenvalue weighted by Gasteiger charge is 2.30. The highest BCUT2D eigenvalue weighted by molar-refractivity contribution is 5.80. The molecule has 1 heterocycles. The molecule has 0 aliphatic carbocycles. The van der Waals surface area contributed by atoms with Crippen LogP contribution in [0.15, 0.2) is 0 Å². The Morgan fingerprint density at radius 1 is 1.50 bits per heavy atom. The van der Waals surface area contributed by atoms with Crippen molar-refractivity contribution in [2.45, 2.75) is 45.2 Å². The molecule has 0 spiro atoms. The van der Waals surface area contributed by atoms with Crippen molar-refractivity contribution in [2.24, 2.45) is 0 Å². The van der Waals surface area contributed by atoms with Crippen molar-refractivity contribution in [1.29, 1.82) is 0 Å². The van der Waals surface area contributed by atoms with Crippen molar-refractivity contribution in [2.75, 3.05) is 13.7 Å². The topological polar surface area (TPSA) is 41.6 Å². The van der Waals surface area contributed by atoms with E-state index in [1.807, 2.05) is 0 Å². The molecule has 14 heavy (non-hydrogen) atoms. The van der Waals surface area contributed by atoms with Crippen LogP contribution in [0.2, 0.25) is 0 Å². The molecule has 0 saturated carbocycles. The van der Waals surface area contributed by atoms with Gasteiger partial charge in [-0.05, 0) is 33.2 Å². The second-order valence-electron chi connectivity index (χ2n) is 4.01. The summed E-state index contributed by atoms with van der Waals surface area (Å²) in [7, 11) is 1.47.